The monoisotopic (exact) mass is 453 g/mol. The number of rotatable bonds is 9. The molecule has 32 heavy (non-hydrogen) atoms. The minimum absolute atomic E-state index is 0.0443. The Bertz CT molecular complexity index is 1000. The van der Waals surface area contributed by atoms with Gasteiger partial charge in [-0.3, -0.25) is 14.3 Å². The SMILES string of the molecule is O=C(CSc1nnc(CN2CCCCC2)n1-c1ccc(F)cc1)NCCc1ccccc1. The number of nitrogens with zero attached hydrogens (tertiary/aromatic N) is 4. The molecule has 0 unspecified atom stereocenters. The lowest BCUT2D eigenvalue weighted by atomic mass is 10.1. The van der Waals surface area contributed by atoms with E-state index >= 15 is 0 Å². The van der Waals surface area contributed by atoms with Gasteiger partial charge in [-0.1, -0.05) is 48.5 Å². The van der Waals surface area contributed by atoms with Crippen LogP contribution in [-0.4, -0.2) is 51.0 Å². The van der Waals surface area contributed by atoms with Gasteiger partial charge in [0.25, 0.3) is 0 Å². The van der Waals surface area contributed by atoms with Crippen LogP contribution < -0.4 is 5.32 Å². The number of amides is 1. The summed E-state index contributed by atoms with van der Waals surface area (Å²) in [6, 6.07) is 16.4. The Kier molecular flexibility index (Phi) is 7.90. The topological polar surface area (TPSA) is 63.1 Å². The third kappa shape index (κ3) is 6.17. The fourth-order valence-electron chi connectivity index (χ4n) is 3.84. The quantitative estimate of drug-likeness (QED) is 0.499. The van der Waals surface area contributed by atoms with Crippen molar-refractivity contribution in [3.63, 3.8) is 0 Å². The Morgan fingerprint density at radius 1 is 1.00 bits per heavy atom. The average molecular weight is 454 g/mol. The molecule has 2 heterocycles. The zero-order valence-corrected chi connectivity index (χ0v) is 18.9. The van der Waals surface area contributed by atoms with E-state index in [-0.39, 0.29) is 17.5 Å². The maximum absolute atomic E-state index is 13.5. The summed E-state index contributed by atoms with van der Waals surface area (Å²) in [6.45, 7) is 3.37. The van der Waals surface area contributed by atoms with Crippen molar-refractivity contribution in [2.75, 3.05) is 25.4 Å². The van der Waals surface area contributed by atoms with Gasteiger partial charge in [-0.25, -0.2) is 4.39 Å². The number of piperidine rings is 1. The third-order valence-corrected chi connectivity index (χ3v) is 6.44. The maximum atomic E-state index is 13.5. The van der Waals surface area contributed by atoms with E-state index in [0.29, 0.717) is 18.2 Å². The summed E-state index contributed by atoms with van der Waals surface area (Å²) in [5.74, 6) is 0.728. The molecule has 2 aromatic carbocycles. The molecule has 0 spiro atoms. The number of aromatic nitrogens is 3. The van der Waals surface area contributed by atoms with Crippen molar-refractivity contribution >= 4 is 17.7 Å². The van der Waals surface area contributed by atoms with E-state index in [4.69, 9.17) is 0 Å². The van der Waals surface area contributed by atoms with Crippen LogP contribution in [0, 0.1) is 5.82 Å². The molecule has 6 nitrogen and oxygen atoms in total. The van der Waals surface area contributed by atoms with Crippen LogP contribution in [0.1, 0.15) is 30.7 Å². The van der Waals surface area contributed by atoms with E-state index in [1.165, 1.54) is 48.7 Å². The number of thioether (sulfide) groups is 1. The molecule has 1 amide bonds. The van der Waals surface area contributed by atoms with Gasteiger partial charge in [0, 0.05) is 12.2 Å². The number of benzene rings is 2. The van der Waals surface area contributed by atoms with Crippen LogP contribution in [-0.2, 0) is 17.8 Å². The van der Waals surface area contributed by atoms with E-state index in [2.05, 4.69) is 32.5 Å². The summed E-state index contributed by atoms with van der Waals surface area (Å²) < 4.78 is 15.4. The van der Waals surface area contributed by atoms with Crippen LogP contribution in [0.25, 0.3) is 5.69 Å². The Balaban J connectivity index is 1.40. The molecule has 0 atom stereocenters. The Hall–Kier alpha value is -2.71. The van der Waals surface area contributed by atoms with Crippen molar-refractivity contribution in [2.24, 2.45) is 0 Å². The molecule has 1 N–H and O–H groups in total. The fraction of sp³-hybridized carbons (Fsp3) is 0.375. The lowest BCUT2D eigenvalue weighted by Crippen LogP contribution is -2.30. The first-order chi connectivity index (χ1) is 15.7. The molecule has 1 fully saturated rings. The van der Waals surface area contributed by atoms with Crippen molar-refractivity contribution < 1.29 is 9.18 Å². The van der Waals surface area contributed by atoms with Crippen molar-refractivity contribution in [2.45, 2.75) is 37.4 Å². The molecule has 1 aliphatic heterocycles. The Morgan fingerprint density at radius 3 is 2.50 bits per heavy atom. The van der Waals surface area contributed by atoms with Crippen LogP contribution in [0.2, 0.25) is 0 Å². The molecule has 1 saturated heterocycles. The normalized spacial score (nSPS) is 14.4. The second-order valence-corrected chi connectivity index (χ2v) is 8.86. The van der Waals surface area contributed by atoms with Crippen LogP contribution in [0.4, 0.5) is 4.39 Å². The van der Waals surface area contributed by atoms with E-state index in [1.54, 1.807) is 12.1 Å². The third-order valence-electron chi connectivity index (χ3n) is 5.51. The largest absolute Gasteiger partial charge is 0.355 e. The number of hydrogen-bond donors (Lipinski definition) is 1. The van der Waals surface area contributed by atoms with Gasteiger partial charge in [0.15, 0.2) is 11.0 Å². The van der Waals surface area contributed by atoms with Crippen molar-refractivity contribution in [1.29, 1.82) is 0 Å². The maximum Gasteiger partial charge on any atom is 0.230 e. The predicted octanol–water partition coefficient (Wildman–Crippen LogP) is 3.84. The van der Waals surface area contributed by atoms with E-state index < -0.39 is 0 Å². The van der Waals surface area contributed by atoms with E-state index in [9.17, 15) is 9.18 Å². The lowest BCUT2D eigenvalue weighted by molar-refractivity contribution is -0.118. The number of halogens is 1. The summed E-state index contributed by atoms with van der Waals surface area (Å²) in [5, 5.41) is 12.4. The number of likely N-dealkylation sites (tertiary alicyclic amines) is 1. The van der Waals surface area contributed by atoms with Crippen molar-refractivity contribution in [1.82, 2.24) is 25.0 Å². The highest BCUT2D eigenvalue weighted by Gasteiger charge is 2.19. The summed E-state index contributed by atoms with van der Waals surface area (Å²) in [7, 11) is 0. The molecular formula is C24H28FN5OS. The second kappa shape index (κ2) is 11.2. The highest BCUT2D eigenvalue weighted by Crippen LogP contribution is 2.24. The smallest absolute Gasteiger partial charge is 0.230 e. The first-order valence-electron chi connectivity index (χ1n) is 11.0. The number of carbonyl (C=O) groups excluding carboxylic acids is 1. The van der Waals surface area contributed by atoms with Crippen LogP contribution in [0.15, 0.2) is 59.8 Å². The van der Waals surface area contributed by atoms with Crippen LogP contribution in [0.5, 0.6) is 0 Å². The van der Waals surface area contributed by atoms with Gasteiger partial charge in [-0.15, -0.1) is 10.2 Å². The van der Waals surface area contributed by atoms with Gasteiger partial charge in [-0.05, 0) is 62.2 Å². The molecule has 0 aliphatic carbocycles. The molecule has 8 heteroatoms. The zero-order chi connectivity index (χ0) is 22.2. The Labute approximate surface area is 192 Å². The van der Waals surface area contributed by atoms with Gasteiger partial charge in [-0.2, -0.15) is 0 Å². The summed E-state index contributed by atoms with van der Waals surface area (Å²) in [6.07, 6.45) is 4.44. The Morgan fingerprint density at radius 2 is 1.75 bits per heavy atom. The first-order valence-corrected chi connectivity index (χ1v) is 12.0. The van der Waals surface area contributed by atoms with Crippen LogP contribution in [0.3, 0.4) is 0 Å². The second-order valence-electron chi connectivity index (χ2n) is 7.92. The zero-order valence-electron chi connectivity index (χ0n) is 18.0. The average Bonchev–Trinajstić information content (AvgIpc) is 3.22. The molecule has 0 bridgehead atoms. The van der Waals surface area contributed by atoms with Gasteiger partial charge in [0.2, 0.25) is 5.91 Å². The highest BCUT2D eigenvalue weighted by molar-refractivity contribution is 7.99. The lowest BCUT2D eigenvalue weighted by Gasteiger charge is -2.26. The standard InChI is InChI=1S/C24H28FN5OS/c25-20-9-11-21(12-10-20)30-22(17-29-15-5-2-6-16-29)27-28-24(30)32-18-23(31)26-14-13-19-7-3-1-4-8-19/h1,3-4,7-12H,2,5-6,13-18H2,(H,26,31). The fourth-order valence-corrected chi connectivity index (χ4v) is 4.64. The molecule has 0 radical (unpaired) electrons. The molecule has 4 rings (SSSR count). The molecule has 1 aliphatic rings. The minimum Gasteiger partial charge on any atom is -0.355 e. The predicted molar refractivity (Wildman–Crippen MR) is 124 cm³/mol. The van der Waals surface area contributed by atoms with Crippen LogP contribution >= 0.6 is 11.8 Å². The van der Waals surface area contributed by atoms with Gasteiger partial charge >= 0.3 is 0 Å². The van der Waals surface area contributed by atoms with Crippen molar-refractivity contribution in [3.05, 3.63) is 71.8 Å². The van der Waals surface area contributed by atoms with Gasteiger partial charge < -0.3 is 5.32 Å². The van der Waals surface area contributed by atoms with Crippen molar-refractivity contribution in [3.8, 4) is 5.69 Å². The molecular weight excluding hydrogens is 425 g/mol. The van der Waals surface area contributed by atoms with E-state index in [1.807, 2.05) is 22.8 Å². The molecule has 168 valence electrons. The highest BCUT2D eigenvalue weighted by atomic mass is 32.2. The first kappa shape index (κ1) is 22.5. The molecule has 1 aromatic heterocycles. The van der Waals surface area contributed by atoms with E-state index in [0.717, 1.165) is 31.0 Å². The van der Waals surface area contributed by atoms with Gasteiger partial charge in [0.05, 0.1) is 12.3 Å². The summed E-state index contributed by atoms with van der Waals surface area (Å²) in [5.41, 5.74) is 1.99. The molecule has 3 aromatic rings. The number of hydrogen-bond acceptors (Lipinski definition) is 5. The summed E-state index contributed by atoms with van der Waals surface area (Å²) >= 11 is 1.35. The minimum atomic E-state index is -0.286. The number of carbonyl (C=O) groups is 1. The summed E-state index contributed by atoms with van der Waals surface area (Å²) in [4.78, 5) is 14.7. The number of nitrogens with one attached hydrogen (secondary N) is 1. The molecule has 0 saturated carbocycles. The van der Waals surface area contributed by atoms with Gasteiger partial charge in [0.1, 0.15) is 5.82 Å².